The minimum Gasteiger partial charge on any atom is -0.368 e. The first-order valence-corrected chi connectivity index (χ1v) is 5.00. The number of thiazole rings is 1. The first-order chi connectivity index (χ1) is 6.66. The highest BCUT2D eigenvalue weighted by atomic mass is 32.1. The molecule has 0 aliphatic rings. The molecule has 0 aliphatic carbocycles. The summed E-state index contributed by atoms with van der Waals surface area (Å²) >= 11 is 1.61. The predicted molar refractivity (Wildman–Crippen MR) is 57.0 cm³/mol. The van der Waals surface area contributed by atoms with Crippen molar-refractivity contribution in [2.24, 2.45) is 0 Å². The van der Waals surface area contributed by atoms with Crippen LogP contribution in [0.1, 0.15) is 10.6 Å². The number of nitrogens with zero attached hydrogens (tertiary/aromatic N) is 3. The Morgan fingerprint density at radius 1 is 1.21 bits per heavy atom. The van der Waals surface area contributed by atoms with E-state index in [4.69, 9.17) is 5.73 Å². The largest absolute Gasteiger partial charge is 0.368 e. The monoisotopic (exact) mass is 206 g/mol. The Morgan fingerprint density at radius 2 is 2.00 bits per heavy atom. The van der Waals surface area contributed by atoms with Gasteiger partial charge in [0.25, 0.3) is 0 Å². The molecule has 0 radical (unpaired) electrons. The molecule has 2 rings (SSSR count). The molecular formula is C9H10N4S. The van der Waals surface area contributed by atoms with Gasteiger partial charge in [0.2, 0.25) is 5.95 Å². The molecule has 0 aromatic carbocycles. The average molecular weight is 206 g/mol. The third-order valence-electron chi connectivity index (χ3n) is 1.85. The van der Waals surface area contributed by atoms with E-state index in [2.05, 4.69) is 15.0 Å². The van der Waals surface area contributed by atoms with E-state index in [1.165, 1.54) is 0 Å². The Labute approximate surface area is 85.9 Å². The molecule has 2 N–H and O–H groups in total. The van der Waals surface area contributed by atoms with Crippen molar-refractivity contribution in [3.05, 3.63) is 23.0 Å². The summed E-state index contributed by atoms with van der Waals surface area (Å²) in [5.74, 6) is 0.302. The van der Waals surface area contributed by atoms with Crippen molar-refractivity contribution in [1.29, 1.82) is 0 Å². The number of nitrogens with two attached hydrogens (primary N) is 1. The molecule has 0 unspecified atom stereocenters. The van der Waals surface area contributed by atoms with Crippen molar-refractivity contribution >= 4 is 17.3 Å². The normalized spacial score (nSPS) is 10.4. The Hall–Kier alpha value is -1.49. The van der Waals surface area contributed by atoms with Gasteiger partial charge in [-0.15, -0.1) is 11.3 Å². The van der Waals surface area contributed by atoms with Crippen LogP contribution in [0.2, 0.25) is 0 Å². The zero-order valence-corrected chi connectivity index (χ0v) is 8.80. The second-order valence-electron chi connectivity index (χ2n) is 3.00. The molecule has 2 aromatic heterocycles. The molecule has 2 heterocycles. The van der Waals surface area contributed by atoms with Crippen LogP contribution in [0.3, 0.4) is 0 Å². The average Bonchev–Trinajstić information content (AvgIpc) is 2.56. The molecule has 5 heteroatoms. The van der Waals surface area contributed by atoms with Gasteiger partial charge in [-0.25, -0.2) is 15.0 Å². The number of anilines is 1. The van der Waals surface area contributed by atoms with Gasteiger partial charge < -0.3 is 5.73 Å². The molecule has 0 aliphatic heterocycles. The zero-order chi connectivity index (χ0) is 10.1. The summed E-state index contributed by atoms with van der Waals surface area (Å²) in [5, 5.41) is 1.02. The van der Waals surface area contributed by atoms with Gasteiger partial charge in [0.15, 0.2) is 0 Å². The number of rotatable bonds is 1. The molecule has 0 saturated carbocycles. The Kier molecular flexibility index (Phi) is 2.17. The van der Waals surface area contributed by atoms with E-state index in [0.717, 1.165) is 21.1 Å². The quantitative estimate of drug-likeness (QED) is 0.772. The summed E-state index contributed by atoms with van der Waals surface area (Å²) < 4.78 is 0. The highest BCUT2D eigenvalue weighted by Crippen LogP contribution is 2.26. The Morgan fingerprint density at radius 3 is 2.64 bits per heavy atom. The zero-order valence-electron chi connectivity index (χ0n) is 7.98. The summed E-state index contributed by atoms with van der Waals surface area (Å²) in [7, 11) is 0. The maximum absolute atomic E-state index is 5.53. The fourth-order valence-corrected chi connectivity index (χ4v) is 2.01. The van der Waals surface area contributed by atoms with E-state index in [-0.39, 0.29) is 0 Å². The van der Waals surface area contributed by atoms with Crippen molar-refractivity contribution in [2.75, 3.05) is 5.73 Å². The fraction of sp³-hybridized carbons (Fsp3) is 0.222. The van der Waals surface area contributed by atoms with E-state index < -0.39 is 0 Å². The molecule has 2 aromatic rings. The van der Waals surface area contributed by atoms with E-state index in [1.54, 1.807) is 17.5 Å². The van der Waals surface area contributed by atoms with Crippen LogP contribution in [0, 0.1) is 13.8 Å². The molecule has 14 heavy (non-hydrogen) atoms. The third-order valence-corrected chi connectivity index (χ3v) is 2.76. The first-order valence-electron chi connectivity index (χ1n) is 4.19. The smallest absolute Gasteiger partial charge is 0.220 e. The van der Waals surface area contributed by atoms with Crippen molar-refractivity contribution in [3.63, 3.8) is 0 Å². The highest BCUT2D eigenvalue weighted by molar-refractivity contribution is 7.15. The van der Waals surface area contributed by atoms with E-state index in [0.29, 0.717) is 5.95 Å². The lowest BCUT2D eigenvalue weighted by atomic mass is 10.2. The van der Waals surface area contributed by atoms with Crippen LogP contribution in [0.4, 0.5) is 5.95 Å². The lowest BCUT2D eigenvalue weighted by Gasteiger charge is -2.00. The lowest BCUT2D eigenvalue weighted by Crippen LogP contribution is -1.97. The number of nitrogen functional groups attached to an aromatic ring is 1. The van der Waals surface area contributed by atoms with Gasteiger partial charge in [0, 0.05) is 12.4 Å². The molecule has 0 atom stereocenters. The van der Waals surface area contributed by atoms with Gasteiger partial charge in [-0.05, 0) is 19.4 Å². The van der Waals surface area contributed by atoms with Gasteiger partial charge >= 0.3 is 0 Å². The lowest BCUT2D eigenvalue weighted by molar-refractivity contribution is 1.15. The van der Waals surface area contributed by atoms with Gasteiger partial charge in [-0.3, -0.25) is 0 Å². The standard InChI is InChI=1S/C9H10N4S/c1-5-3-12-9(10)13-8(5)7-4-11-6(2)14-7/h3-4H,1-2H3,(H2,10,12,13). The van der Waals surface area contributed by atoms with Crippen molar-refractivity contribution in [1.82, 2.24) is 15.0 Å². The van der Waals surface area contributed by atoms with Gasteiger partial charge in [0.05, 0.1) is 15.6 Å². The van der Waals surface area contributed by atoms with Crippen LogP contribution in [0.15, 0.2) is 12.4 Å². The topological polar surface area (TPSA) is 64.7 Å². The van der Waals surface area contributed by atoms with E-state index >= 15 is 0 Å². The SMILES string of the molecule is Cc1ncc(-c2nc(N)ncc2C)s1. The Bertz CT molecular complexity index is 464. The van der Waals surface area contributed by atoms with Gasteiger partial charge in [-0.1, -0.05) is 0 Å². The molecule has 0 amide bonds. The molecule has 0 spiro atoms. The van der Waals surface area contributed by atoms with E-state index in [9.17, 15) is 0 Å². The van der Waals surface area contributed by atoms with Gasteiger partial charge in [-0.2, -0.15) is 0 Å². The fourth-order valence-electron chi connectivity index (χ4n) is 1.18. The molecule has 4 nitrogen and oxygen atoms in total. The predicted octanol–water partition coefficient (Wildman–Crippen LogP) is 1.80. The third kappa shape index (κ3) is 1.58. The van der Waals surface area contributed by atoms with Crippen LogP contribution in [0.25, 0.3) is 10.6 Å². The molecule has 0 bridgehead atoms. The minimum atomic E-state index is 0.302. The summed E-state index contributed by atoms with van der Waals surface area (Å²) in [4.78, 5) is 13.3. The van der Waals surface area contributed by atoms with Crippen LogP contribution >= 0.6 is 11.3 Å². The summed E-state index contributed by atoms with van der Waals surface area (Å²) in [6, 6.07) is 0. The van der Waals surface area contributed by atoms with E-state index in [1.807, 2.05) is 20.0 Å². The maximum Gasteiger partial charge on any atom is 0.220 e. The maximum atomic E-state index is 5.53. The number of aryl methyl sites for hydroxylation is 2. The highest BCUT2D eigenvalue weighted by Gasteiger charge is 2.07. The van der Waals surface area contributed by atoms with Crippen molar-refractivity contribution in [2.45, 2.75) is 13.8 Å². The van der Waals surface area contributed by atoms with Crippen LogP contribution < -0.4 is 5.73 Å². The molecule has 72 valence electrons. The molecule has 0 fully saturated rings. The molecule has 0 saturated heterocycles. The number of hydrogen-bond donors (Lipinski definition) is 1. The van der Waals surface area contributed by atoms with Crippen molar-refractivity contribution in [3.8, 4) is 10.6 Å². The van der Waals surface area contributed by atoms with Crippen LogP contribution in [0.5, 0.6) is 0 Å². The minimum absolute atomic E-state index is 0.302. The summed E-state index contributed by atoms with van der Waals surface area (Å²) in [6.07, 6.45) is 3.54. The summed E-state index contributed by atoms with van der Waals surface area (Å²) in [6.45, 7) is 3.93. The second kappa shape index (κ2) is 3.34. The summed E-state index contributed by atoms with van der Waals surface area (Å²) in [5.41, 5.74) is 7.43. The van der Waals surface area contributed by atoms with Crippen molar-refractivity contribution < 1.29 is 0 Å². The molecular weight excluding hydrogens is 196 g/mol. The van der Waals surface area contributed by atoms with Crippen LogP contribution in [-0.4, -0.2) is 15.0 Å². The number of hydrogen-bond acceptors (Lipinski definition) is 5. The second-order valence-corrected chi connectivity index (χ2v) is 4.24. The number of aromatic nitrogens is 3. The van der Waals surface area contributed by atoms with Gasteiger partial charge in [0.1, 0.15) is 0 Å². The van der Waals surface area contributed by atoms with Crippen LogP contribution in [-0.2, 0) is 0 Å². The Balaban J connectivity index is 2.55. The first kappa shape index (κ1) is 9.08.